The van der Waals surface area contributed by atoms with Gasteiger partial charge in [-0.3, -0.25) is 9.59 Å². The van der Waals surface area contributed by atoms with Crippen molar-refractivity contribution in [2.24, 2.45) is 0 Å². The largest absolute Gasteiger partial charge is 0.340 e. The van der Waals surface area contributed by atoms with Gasteiger partial charge in [0.15, 0.2) is 0 Å². The number of carbonyl (C=O) groups is 2. The van der Waals surface area contributed by atoms with E-state index in [0.717, 1.165) is 32.4 Å². The second kappa shape index (κ2) is 6.89. The van der Waals surface area contributed by atoms with Crippen LogP contribution in [0.2, 0.25) is 0 Å². The van der Waals surface area contributed by atoms with Crippen LogP contribution in [0.5, 0.6) is 0 Å². The third-order valence-electron chi connectivity index (χ3n) is 5.44. The van der Waals surface area contributed by atoms with E-state index in [-0.39, 0.29) is 23.2 Å². The molecule has 2 amide bonds. The highest BCUT2D eigenvalue weighted by Crippen LogP contribution is 2.37. The minimum absolute atomic E-state index is 0.0391. The SMILES string of the molecule is CN1C(=O)CCC12CCN(CCC(=O)Nc1cccc(F)c1)CC2. The number of nitrogens with zero attached hydrogens (tertiary/aromatic N) is 2. The zero-order valence-corrected chi connectivity index (χ0v) is 14.1. The maximum atomic E-state index is 13.1. The van der Waals surface area contributed by atoms with E-state index in [4.69, 9.17) is 0 Å². The molecule has 1 aromatic carbocycles. The second-order valence-corrected chi connectivity index (χ2v) is 6.83. The number of benzene rings is 1. The van der Waals surface area contributed by atoms with E-state index >= 15 is 0 Å². The first kappa shape index (κ1) is 16.9. The van der Waals surface area contributed by atoms with Gasteiger partial charge >= 0.3 is 0 Å². The first-order valence-corrected chi connectivity index (χ1v) is 8.53. The molecule has 6 heteroatoms. The zero-order valence-electron chi connectivity index (χ0n) is 14.1. The molecule has 24 heavy (non-hydrogen) atoms. The normalized spacial score (nSPS) is 20.6. The van der Waals surface area contributed by atoms with Gasteiger partial charge in [-0.25, -0.2) is 4.39 Å². The number of rotatable bonds is 4. The zero-order chi connectivity index (χ0) is 17.2. The number of anilines is 1. The number of amides is 2. The smallest absolute Gasteiger partial charge is 0.225 e. The number of hydrogen-bond acceptors (Lipinski definition) is 3. The molecular formula is C18H24FN3O2. The molecule has 0 radical (unpaired) electrons. The fraction of sp³-hybridized carbons (Fsp3) is 0.556. The van der Waals surface area contributed by atoms with E-state index in [1.807, 2.05) is 11.9 Å². The van der Waals surface area contributed by atoms with Crippen molar-refractivity contribution in [2.75, 3.05) is 32.0 Å². The monoisotopic (exact) mass is 333 g/mol. The maximum absolute atomic E-state index is 13.1. The van der Waals surface area contributed by atoms with E-state index in [2.05, 4.69) is 10.2 Å². The van der Waals surface area contributed by atoms with Crippen LogP contribution in [-0.2, 0) is 9.59 Å². The number of hydrogen-bond donors (Lipinski definition) is 1. The summed E-state index contributed by atoms with van der Waals surface area (Å²) in [4.78, 5) is 28.0. The molecule has 0 atom stereocenters. The van der Waals surface area contributed by atoms with Gasteiger partial charge in [0, 0.05) is 50.7 Å². The first-order valence-electron chi connectivity index (χ1n) is 8.53. The van der Waals surface area contributed by atoms with E-state index in [9.17, 15) is 14.0 Å². The lowest BCUT2D eigenvalue weighted by molar-refractivity contribution is -0.130. The summed E-state index contributed by atoms with van der Waals surface area (Å²) in [6.45, 7) is 2.50. The van der Waals surface area contributed by atoms with Gasteiger partial charge in [0.25, 0.3) is 0 Å². The summed E-state index contributed by atoms with van der Waals surface area (Å²) in [6.07, 6.45) is 3.95. The highest BCUT2D eigenvalue weighted by atomic mass is 19.1. The molecule has 1 aromatic rings. The summed E-state index contributed by atoms with van der Waals surface area (Å²) in [5.74, 6) is -0.212. The van der Waals surface area contributed by atoms with Crippen LogP contribution >= 0.6 is 0 Å². The molecule has 0 bridgehead atoms. The quantitative estimate of drug-likeness (QED) is 0.919. The Balaban J connectivity index is 1.43. The van der Waals surface area contributed by atoms with Gasteiger partial charge in [0.05, 0.1) is 0 Å². The Bertz CT molecular complexity index is 626. The summed E-state index contributed by atoms with van der Waals surface area (Å²) < 4.78 is 13.1. The molecule has 1 spiro atoms. The first-order chi connectivity index (χ1) is 11.5. The van der Waals surface area contributed by atoms with Crippen LogP contribution in [0.4, 0.5) is 10.1 Å². The van der Waals surface area contributed by atoms with Gasteiger partial charge in [-0.1, -0.05) is 6.07 Å². The fourth-order valence-electron chi connectivity index (χ4n) is 3.77. The molecule has 0 aromatic heterocycles. The molecule has 2 aliphatic rings. The van der Waals surface area contributed by atoms with Crippen molar-refractivity contribution in [3.8, 4) is 0 Å². The van der Waals surface area contributed by atoms with Crippen LogP contribution in [0, 0.1) is 5.82 Å². The Kier molecular flexibility index (Phi) is 4.85. The molecule has 3 rings (SSSR count). The maximum Gasteiger partial charge on any atom is 0.225 e. The molecule has 130 valence electrons. The number of likely N-dealkylation sites (tertiary alicyclic amines) is 2. The van der Waals surface area contributed by atoms with Crippen molar-refractivity contribution < 1.29 is 14.0 Å². The van der Waals surface area contributed by atoms with Gasteiger partial charge in [0.2, 0.25) is 11.8 Å². The van der Waals surface area contributed by atoms with E-state index < -0.39 is 0 Å². The van der Waals surface area contributed by atoms with Gasteiger partial charge < -0.3 is 15.1 Å². The summed E-state index contributed by atoms with van der Waals surface area (Å²) in [5.41, 5.74) is 0.529. The van der Waals surface area contributed by atoms with Crippen molar-refractivity contribution in [1.82, 2.24) is 9.80 Å². The third kappa shape index (κ3) is 3.59. The predicted octanol–water partition coefficient (Wildman–Crippen LogP) is 2.24. The number of carbonyl (C=O) groups excluding carboxylic acids is 2. The highest BCUT2D eigenvalue weighted by Gasteiger charge is 2.44. The van der Waals surface area contributed by atoms with Crippen LogP contribution in [0.3, 0.4) is 0 Å². The Morgan fingerprint density at radius 2 is 2.04 bits per heavy atom. The second-order valence-electron chi connectivity index (χ2n) is 6.83. The minimum Gasteiger partial charge on any atom is -0.340 e. The summed E-state index contributed by atoms with van der Waals surface area (Å²) in [5, 5.41) is 2.73. The average Bonchev–Trinajstić information content (AvgIpc) is 2.83. The predicted molar refractivity (Wildman–Crippen MR) is 90.1 cm³/mol. The molecule has 2 aliphatic heterocycles. The fourth-order valence-corrected chi connectivity index (χ4v) is 3.77. The lowest BCUT2D eigenvalue weighted by Crippen LogP contribution is -2.51. The number of piperidine rings is 1. The lowest BCUT2D eigenvalue weighted by Gasteiger charge is -2.43. The van der Waals surface area contributed by atoms with Gasteiger partial charge in [-0.15, -0.1) is 0 Å². The van der Waals surface area contributed by atoms with E-state index in [1.54, 1.807) is 12.1 Å². The molecule has 2 saturated heterocycles. The molecule has 2 fully saturated rings. The van der Waals surface area contributed by atoms with Crippen molar-refractivity contribution >= 4 is 17.5 Å². The van der Waals surface area contributed by atoms with Gasteiger partial charge in [-0.05, 0) is 37.5 Å². The summed E-state index contributed by atoms with van der Waals surface area (Å²) >= 11 is 0. The van der Waals surface area contributed by atoms with Gasteiger partial charge in [0.1, 0.15) is 5.82 Å². The number of nitrogens with one attached hydrogen (secondary N) is 1. The van der Waals surface area contributed by atoms with Crippen LogP contribution in [0.25, 0.3) is 0 Å². The third-order valence-corrected chi connectivity index (χ3v) is 5.44. The standard InChI is InChI=1S/C18H24FN3O2/c1-21-17(24)5-7-18(21)8-11-22(12-9-18)10-6-16(23)20-15-4-2-3-14(19)13-15/h2-4,13H,5-12H2,1H3,(H,20,23). The average molecular weight is 333 g/mol. The van der Waals surface area contributed by atoms with Crippen LogP contribution in [-0.4, -0.2) is 53.8 Å². The molecule has 5 nitrogen and oxygen atoms in total. The van der Waals surface area contributed by atoms with E-state index in [1.165, 1.54) is 12.1 Å². The van der Waals surface area contributed by atoms with Gasteiger partial charge in [-0.2, -0.15) is 0 Å². The van der Waals surface area contributed by atoms with Crippen molar-refractivity contribution in [3.63, 3.8) is 0 Å². The molecule has 0 saturated carbocycles. The van der Waals surface area contributed by atoms with Crippen molar-refractivity contribution in [1.29, 1.82) is 0 Å². The Hall–Kier alpha value is -1.95. The van der Waals surface area contributed by atoms with Crippen LogP contribution in [0.15, 0.2) is 24.3 Å². The molecular weight excluding hydrogens is 309 g/mol. The topological polar surface area (TPSA) is 52.7 Å². The lowest BCUT2D eigenvalue weighted by atomic mass is 9.85. The summed E-state index contributed by atoms with van der Waals surface area (Å²) in [7, 11) is 1.91. The molecule has 0 aliphatic carbocycles. The Morgan fingerprint density at radius 3 is 2.67 bits per heavy atom. The molecule has 0 unspecified atom stereocenters. The number of halogens is 1. The minimum atomic E-state index is -0.357. The summed E-state index contributed by atoms with van der Waals surface area (Å²) in [6, 6.07) is 5.92. The Morgan fingerprint density at radius 1 is 1.29 bits per heavy atom. The molecule has 2 heterocycles. The van der Waals surface area contributed by atoms with Crippen LogP contribution in [0.1, 0.15) is 32.1 Å². The van der Waals surface area contributed by atoms with Crippen molar-refractivity contribution in [2.45, 2.75) is 37.6 Å². The van der Waals surface area contributed by atoms with E-state index in [0.29, 0.717) is 25.1 Å². The molecule has 1 N–H and O–H groups in total. The van der Waals surface area contributed by atoms with Crippen LogP contribution < -0.4 is 5.32 Å². The van der Waals surface area contributed by atoms with Crippen molar-refractivity contribution in [3.05, 3.63) is 30.1 Å². The Labute approximate surface area is 141 Å². The highest BCUT2D eigenvalue weighted by molar-refractivity contribution is 5.90.